The highest BCUT2D eigenvalue weighted by Gasteiger charge is 2.33. The van der Waals surface area contributed by atoms with E-state index in [1.807, 2.05) is 42.6 Å². The van der Waals surface area contributed by atoms with Gasteiger partial charge in [0.25, 0.3) is 5.56 Å². The molecule has 0 saturated carbocycles. The van der Waals surface area contributed by atoms with E-state index in [-0.39, 0.29) is 17.7 Å². The molecular weight excluding hydrogens is 640 g/mol. The molecule has 3 aromatic carbocycles. The molecule has 0 aliphatic carbocycles. The minimum absolute atomic E-state index is 0.150. The Morgan fingerprint density at radius 2 is 1.77 bits per heavy atom. The minimum atomic E-state index is -0.842. The maximum absolute atomic E-state index is 14.3. The van der Waals surface area contributed by atoms with Gasteiger partial charge in [0.2, 0.25) is 0 Å². The minimum Gasteiger partial charge on any atom is -0.495 e. The number of nitrogens with zero attached hydrogens (tertiary/aromatic N) is 4. The Hall–Kier alpha value is -5.26. The largest absolute Gasteiger partial charge is 0.495 e. The van der Waals surface area contributed by atoms with Gasteiger partial charge < -0.3 is 14.2 Å². The molecule has 0 N–H and O–H groups in total. The van der Waals surface area contributed by atoms with E-state index in [9.17, 15) is 14.4 Å². The van der Waals surface area contributed by atoms with Gasteiger partial charge >= 0.3 is 11.9 Å². The van der Waals surface area contributed by atoms with Crippen molar-refractivity contribution in [1.82, 2.24) is 14.3 Å². The Balaban J connectivity index is 1.55. The second-order valence-corrected chi connectivity index (χ2v) is 11.9. The number of rotatable bonds is 8. The number of esters is 2. The molecule has 0 spiro atoms. The number of aromatic nitrogens is 3. The van der Waals surface area contributed by atoms with Gasteiger partial charge in [-0.25, -0.2) is 19.3 Å². The highest BCUT2D eigenvalue weighted by molar-refractivity contribution is 7.07. The molecule has 1 unspecified atom stereocenters. The van der Waals surface area contributed by atoms with Crippen LogP contribution in [0.5, 0.6) is 5.75 Å². The van der Waals surface area contributed by atoms with Crippen LogP contribution >= 0.6 is 22.9 Å². The number of allylic oxidation sites excluding steroid dienone is 1. The Morgan fingerprint density at radius 3 is 2.43 bits per heavy atom. The van der Waals surface area contributed by atoms with Gasteiger partial charge in [0, 0.05) is 17.3 Å². The van der Waals surface area contributed by atoms with E-state index in [1.165, 1.54) is 23.0 Å². The third kappa shape index (κ3) is 6.02. The van der Waals surface area contributed by atoms with E-state index >= 15 is 0 Å². The van der Waals surface area contributed by atoms with Crippen molar-refractivity contribution in [3.05, 3.63) is 132 Å². The summed E-state index contributed by atoms with van der Waals surface area (Å²) in [6, 6.07) is 20.7. The van der Waals surface area contributed by atoms with Gasteiger partial charge in [0.1, 0.15) is 11.4 Å². The number of ether oxygens (including phenoxy) is 3. The number of halogens is 1. The van der Waals surface area contributed by atoms with Crippen molar-refractivity contribution in [1.29, 1.82) is 0 Å². The van der Waals surface area contributed by atoms with Crippen molar-refractivity contribution >= 4 is 41.0 Å². The summed E-state index contributed by atoms with van der Waals surface area (Å²) in [6.45, 7) is 3.58. The smallest absolute Gasteiger partial charge is 0.338 e. The van der Waals surface area contributed by atoms with Gasteiger partial charge in [-0.2, -0.15) is 5.10 Å². The zero-order chi connectivity index (χ0) is 33.2. The van der Waals surface area contributed by atoms with Crippen LogP contribution in [0, 0.1) is 0 Å². The number of fused-ring (bicyclic) bond motifs is 1. The van der Waals surface area contributed by atoms with E-state index in [0.29, 0.717) is 48.2 Å². The zero-order valence-corrected chi connectivity index (χ0v) is 27.5. The first-order valence-corrected chi connectivity index (χ1v) is 15.8. The lowest BCUT2D eigenvalue weighted by Gasteiger charge is -2.24. The predicted octanol–water partition coefficient (Wildman–Crippen LogP) is 5.10. The first-order chi connectivity index (χ1) is 22.7. The molecule has 1 aliphatic heterocycles. The second kappa shape index (κ2) is 13.2. The lowest BCUT2D eigenvalue weighted by atomic mass is 9.95. The van der Waals surface area contributed by atoms with E-state index in [1.54, 1.807) is 68.1 Å². The van der Waals surface area contributed by atoms with Crippen LogP contribution in [0.2, 0.25) is 5.02 Å². The molecule has 0 saturated heterocycles. The van der Waals surface area contributed by atoms with E-state index < -0.39 is 18.0 Å². The lowest BCUT2D eigenvalue weighted by molar-refractivity contribution is -0.139. The average molecular weight is 669 g/mol. The SMILES string of the molecule is CCOC(=O)C1=C(C)N=c2sc(=Cc3cn(-c4ccccc4)nc3-c3ccc(OC)c(Cl)c3)c(=O)n2C1c1ccc(C(=O)OC)cc1. The van der Waals surface area contributed by atoms with Crippen LogP contribution in [0.1, 0.15) is 41.4 Å². The molecule has 47 heavy (non-hydrogen) atoms. The summed E-state index contributed by atoms with van der Waals surface area (Å²) in [5.74, 6) is -0.546. The summed E-state index contributed by atoms with van der Waals surface area (Å²) in [6.07, 6.45) is 3.61. The number of hydrogen-bond acceptors (Lipinski definition) is 9. The fourth-order valence-electron chi connectivity index (χ4n) is 5.41. The van der Waals surface area contributed by atoms with Crippen LogP contribution in [0.25, 0.3) is 23.0 Å². The molecule has 1 aliphatic rings. The molecule has 0 amide bonds. The second-order valence-electron chi connectivity index (χ2n) is 10.5. The fraction of sp³-hybridized carbons (Fsp3) is 0.171. The van der Waals surface area contributed by atoms with Crippen molar-refractivity contribution in [2.24, 2.45) is 4.99 Å². The number of hydrogen-bond donors (Lipinski definition) is 0. The number of para-hydroxylation sites is 1. The molecule has 238 valence electrons. The first-order valence-electron chi connectivity index (χ1n) is 14.6. The lowest BCUT2D eigenvalue weighted by Crippen LogP contribution is -2.40. The Kier molecular flexibility index (Phi) is 8.93. The fourth-order valence-corrected chi connectivity index (χ4v) is 6.71. The molecule has 0 fully saturated rings. The molecular formula is C35H29ClN4O6S. The molecule has 2 aromatic heterocycles. The molecule has 12 heteroatoms. The molecule has 6 rings (SSSR count). The topological polar surface area (TPSA) is 114 Å². The Morgan fingerprint density at radius 1 is 1.02 bits per heavy atom. The van der Waals surface area contributed by atoms with Crippen LogP contribution < -0.4 is 19.6 Å². The average Bonchev–Trinajstić information content (AvgIpc) is 3.64. The molecule has 1 atom stereocenters. The van der Waals surface area contributed by atoms with E-state index in [0.717, 1.165) is 11.3 Å². The maximum atomic E-state index is 14.3. The van der Waals surface area contributed by atoms with Crippen LogP contribution in [0.4, 0.5) is 0 Å². The third-order valence-corrected chi connectivity index (χ3v) is 8.92. The maximum Gasteiger partial charge on any atom is 0.338 e. The van der Waals surface area contributed by atoms with Gasteiger partial charge in [-0.15, -0.1) is 0 Å². The van der Waals surface area contributed by atoms with Crippen LogP contribution in [0.3, 0.4) is 0 Å². The normalized spacial score (nSPS) is 14.4. The van der Waals surface area contributed by atoms with E-state index in [2.05, 4.69) is 4.99 Å². The summed E-state index contributed by atoms with van der Waals surface area (Å²) in [4.78, 5) is 44.8. The number of thiazole rings is 1. The summed E-state index contributed by atoms with van der Waals surface area (Å²) in [7, 11) is 2.85. The van der Waals surface area contributed by atoms with Gasteiger partial charge in [0.05, 0.1) is 58.9 Å². The van der Waals surface area contributed by atoms with Crippen molar-refractivity contribution in [3.8, 4) is 22.7 Å². The number of carbonyl (C=O) groups is 2. The van der Waals surface area contributed by atoms with Gasteiger partial charge in [0.15, 0.2) is 4.80 Å². The quantitative estimate of drug-likeness (QED) is 0.212. The monoisotopic (exact) mass is 668 g/mol. The summed E-state index contributed by atoms with van der Waals surface area (Å²) in [5.41, 5.74) is 4.09. The zero-order valence-electron chi connectivity index (χ0n) is 25.9. The van der Waals surface area contributed by atoms with Crippen molar-refractivity contribution in [3.63, 3.8) is 0 Å². The Bertz CT molecular complexity index is 2220. The van der Waals surface area contributed by atoms with Crippen molar-refractivity contribution in [2.45, 2.75) is 19.9 Å². The van der Waals surface area contributed by atoms with Crippen LogP contribution in [-0.4, -0.2) is 47.1 Å². The van der Waals surface area contributed by atoms with Gasteiger partial charge in [-0.3, -0.25) is 9.36 Å². The van der Waals surface area contributed by atoms with E-state index in [4.69, 9.17) is 30.9 Å². The summed E-state index contributed by atoms with van der Waals surface area (Å²) < 4.78 is 19.2. The van der Waals surface area contributed by atoms with Crippen molar-refractivity contribution in [2.75, 3.05) is 20.8 Å². The number of benzene rings is 3. The molecule has 0 bridgehead atoms. The van der Waals surface area contributed by atoms with Crippen molar-refractivity contribution < 1.29 is 23.8 Å². The Labute approximate surface area is 278 Å². The highest BCUT2D eigenvalue weighted by atomic mass is 35.5. The molecule has 5 aromatic rings. The van der Waals surface area contributed by atoms with Gasteiger partial charge in [-0.05, 0) is 68.0 Å². The standard InChI is InChI=1S/C35H29ClN4O6S/c1-5-46-34(43)29-20(2)37-35-40(31(29)21-11-13-22(14-12-21)33(42)45-4)32(41)28(47-35)18-24-19-39(25-9-7-6-8-10-25)38-30(24)23-15-16-27(44-3)26(36)17-23/h6-19,31H,5H2,1-4H3. The predicted molar refractivity (Wildman–Crippen MR) is 179 cm³/mol. The third-order valence-electron chi connectivity index (χ3n) is 7.64. The summed E-state index contributed by atoms with van der Waals surface area (Å²) in [5, 5.41) is 5.29. The first kappa shape index (κ1) is 31.7. The number of carbonyl (C=O) groups excluding carboxylic acids is 2. The molecule has 3 heterocycles. The van der Waals surface area contributed by atoms with Crippen LogP contribution in [-0.2, 0) is 14.3 Å². The highest BCUT2D eigenvalue weighted by Crippen LogP contribution is 2.33. The number of methoxy groups -OCH3 is 2. The molecule has 0 radical (unpaired) electrons. The van der Waals surface area contributed by atoms with Gasteiger partial charge in [-0.1, -0.05) is 53.3 Å². The molecule has 10 nitrogen and oxygen atoms in total. The van der Waals surface area contributed by atoms with Crippen LogP contribution in [0.15, 0.2) is 100 Å². The summed E-state index contributed by atoms with van der Waals surface area (Å²) >= 11 is 7.69.